The van der Waals surface area contributed by atoms with E-state index in [9.17, 15) is 14.4 Å². The predicted molar refractivity (Wildman–Crippen MR) is 99.8 cm³/mol. The number of ether oxygens (including phenoxy) is 3. The average molecular weight is 388 g/mol. The maximum absolute atomic E-state index is 13.7. The van der Waals surface area contributed by atoms with Crippen LogP contribution in [0, 0.1) is 34.5 Å². The first-order valence-corrected chi connectivity index (χ1v) is 9.91. The van der Waals surface area contributed by atoms with Crippen molar-refractivity contribution < 1.29 is 28.6 Å². The molecule has 6 nitrogen and oxygen atoms in total. The molecular formula is C22H28O6. The SMILES string of the molecule is COC1=C[C@H](C)[C@@H]2C[C@H]3OC(=O)C[C@H]4C(C)=C(OC)C(=O)[C@@H]([C@@]2(C)C1=O)[C@@]34C. The van der Waals surface area contributed by atoms with Crippen molar-refractivity contribution in [3.63, 3.8) is 0 Å². The van der Waals surface area contributed by atoms with Crippen molar-refractivity contribution in [3.8, 4) is 0 Å². The monoisotopic (exact) mass is 388 g/mol. The number of ketones is 2. The van der Waals surface area contributed by atoms with Gasteiger partial charge < -0.3 is 14.2 Å². The summed E-state index contributed by atoms with van der Waals surface area (Å²) in [5.74, 6) is -0.854. The molecule has 0 radical (unpaired) electrons. The molecule has 0 aromatic carbocycles. The van der Waals surface area contributed by atoms with E-state index in [0.717, 1.165) is 5.57 Å². The van der Waals surface area contributed by atoms with Gasteiger partial charge in [-0.1, -0.05) is 20.8 Å². The van der Waals surface area contributed by atoms with Gasteiger partial charge in [-0.05, 0) is 36.8 Å². The number of hydrogen-bond acceptors (Lipinski definition) is 6. The molecule has 28 heavy (non-hydrogen) atoms. The second-order valence-electron chi connectivity index (χ2n) is 9.16. The quantitative estimate of drug-likeness (QED) is 0.677. The summed E-state index contributed by atoms with van der Waals surface area (Å²) in [5, 5.41) is 0. The number of allylic oxidation sites excluding steroid dienone is 4. The first kappa shape index (κ1) is 19.2. The number of Topliss-reactive ketones (excluding diaryl/α,β-unsaturated/α-hetero) is 2. The highest BCUT2D eigenvalue weighted by atomic mass is 16.5. The van der Waals surface area contributed by atoms with E-state index in [1.165, 1.54) is 14.2 Å². The Labute approximate surface area is 165 Å². The maximum atomic E-state index is 13.7. The fraction of sp³-hybridized carbons (Fsp3) is 0.682. The van der Waals surface area contributed by atoms with Gasteiger partial charge >= 0.3 is 5.97 Å². The Bertz CT molecular complexity index is 838. The summed E-state index contributed by atoms with van der Waals surface area (Å²) in [5.41, 5.74) is -0.795. The predicted octanol–water partition coefficient (Wildman–Crippen LogP) is 2.82. The first-order chi connectivity index (χ1) is 13.1. The van der Waals surface area contributed by atoms with Crippen LogP contribution in [0.25, 0.3) is 0 Å². The van der Waals surface area contributed by atoms with Crippen LogP contribution in [0.15, 0.2) is 23.2 Å². The molecular weight excluding hydrogens is 360 g/mol. The van der Waals surface area contributed by atoms with Gasteiger partial charge in [-0.3, -0.25) is 14.4 Å². The van der Waals surface area contributed by atoms with E-state index in [1.807, 2.05) is 33.8 Å². The highest BCUT2D eigenvalue weighted by molar-refractivity contribution is 6.07. The zero-order chi connectivity index (χ0) is 20.6. The standard InChI is InChI=1S/C22H28O6/c1-10-7-14(26-5)20(25)22(4)12(10)8-15-21(3)13(9-16(23)28-15)11(2)18(27-6)17(24)19(21)22/h7,10,12-13,15,19H,8-9H2,1-6H3/t10-,12-,13-,15+,19+,21+,22-/m0/s1. The molecule has 1 aliphatic heterocycles. The number of rotatable bonds is 2. The molecule has 0 spiro atoms. The summed E-state index contributed by atoms with van der Waals surface area (Å²) in [6.07, 6.45) is 2.21. The van der Waals surface area contributed by atoms with Gasteiger partial charge in [-0.15, -0.1) is 0 Å². The van der Waals surface area contributed by atoms with Gasteiger partial charge in [0.1, 0.15) is 6.10 Å². The number of carbonyl (C=O) groups is 3. The summed E-state index contributed by atoms with van der Waals surface area (Å²) in [7, 11) is 2.97. The third-order valence-corrected chi connectivity index (χ3v) is 8.10. The van der Waals surface area contributed by atoms with Crippen LogP contribution in [0.1, 0.15) is 40.5 Å². The molecule has 0 N–H and O–H groups in total. The van der Waals surface area contributed by atoms with Gasteiger partial charge in [0.25, 0.3) is 0 Å². The van der Waals surface area contributed by atoms with Crippen molar-refractivity contribution in [1.82, 2.24) is 0 Å². The van der Waals surface area contributed by atoms with E-state index in [2.05, 4.69) is 0 Å². The molecule has 0 bridgehead atoms. The van der Waals surface area contributed by atoms with Crippen molar-refractivity contribution in [3.05, 3.63) is 23.2 Å². The maximum Gasteiger partial charge on any atom is 0.306 e. The lowest BCUT2D eigenvalue weighted by Crippen LogP contribution is -2.69. The number of methoxy groups -OCH3 is 2. The first-order valence-electron chi connectivity index (χ1n) is 9.91. The van der Waals surface area contributed by atoms with Crippen LogP contribution in [0.3, 0.4) is 0 Å². The van der Waals surface area contributed by atoms with Crippen LogP contribution >= 0.6 is 0 Å². The number of hydrogen-bond donors (Lipinski definition) is 0. The van der Waals surface area contributed by atoms with Crippen LogP contribution in [0.5, 0.6) is 0 Å². The lowest BCUT2D eigenvalue weighted by Gasteiger charge is -2.64. The highest BCUT2D eigenvalue weighted by Crippen LogP contribution is 2.67. The van der Waals surface area contributed by atoms with Gasteiger partial charge in [0, 0.05) is 22.7 Å². The van der Waals surface area contributed by atoms with Crippen LogP contribution in [0.2, 0.25) is 0 Å². The van der Waals surface area contributed by atoms with Crippen molar-refractivity contribution in [2.75, 3.05) is 14.2 Å². The zero-order valence-electron chi connectivity index (χ0n) is 17.3. The molecule has 1 heterocycles. The van der Waals surface area contributed by atoms with Gasteiger partial charge in [0.05, 0.1) is 20.6 Å². The van der Waals surface area contributed by atoms with Crippen LogP contribution in [-0.2, 0) is 28.6 Å². The molecule has 0 amide bonds. The van der Waals surface area contributed by atoms with Crippen molar-refractivity contribution >= 4 is 17.5 Å². The Balaban J connectivity index is 1.99. The second kappa shape index (κ2) is 5.94. The summed E-state index contributed by atoms with van der Waals surface area (Å²) >= 11 is 0. The van der Waals surface area contributed by atoms with Gasteiger partial charge in [0.2, 0.25) is 11.6 Å². The Hall–Kier alpha value is -2.11. The minimum atomic E-state index is -0.936. The molecule has 0 aromatic rings. The van der Waals surface area contributed by atoms with Crippen molar-refractivity contribution in [2.45, 2.75) is 46.6 Å². The minimum absolute atomic E-state index is 0.0204. The van der Waals surface area contributed by atoms with E-state index in [1.54, 1.807) is 0 Å². The Morgan fingerprint density at radius 3 is 2.43 bits per heavy atom. The molecule has 152 valence electrons. The molecule has 0 unspecified atom stereocenters. The molecule has 3 aliphatic carbocycles. The van der Waals surface area contributed by atoms with Crippen molar-refractivity contribution in [2.24, 2.45) is 34.5 Å². The fourth-order valence-electron chi connectivity index (χ4n) is 6.81. The largest absolute Gasteiger partial charge is 0.493 e. The lowest BCUT2D eigenvalue weighted by molar-refractivity contribution is -0.217. The summed E-state index contributed by atoms with van der Waals surface area (Å²) < 4.78 is 16.7. The molecule has 4 rings (SSSR count). The van der Waals surface area contributed by atoms with Crippen LogP contribution in [-0.4, -0.2) is 37.9 Å². The molecule has 1 saturated heterocycles. The Morgan fingerprint density at radius 2 is 1.82 bits per heavy atom. The third kappa shape index (κ3) is 2.06. The molecule has 1 saturated carbocycles. The van der Waals surface area contributed by atoms with E-state index in [0.29, 0.717) is 12.2 Å². The summed E-state index contributed by atoms with van der Waals surface area (Å²) in [4.78, 5) is 39.6. The fourth-order valence-corrected chi connectivity index (χ4v) is 6.81. The third-order valence-electron chi connectivity index (χ3n) is 8.10. The van der Waals surface area contributed by atoms with E-state index < -0.39 is 22.9 Å². The Morgan fingerprint density at radius 1 is 1.14 bits per heavy atom. The average Bonchev–Trinajstić information content (AvgIpc) is 2.63. The second-order valence-corrected chi connectivity index (χ2v) is 9.16. The highest BCUT2D eigenvalue weighted by Gasteiger charge is 2.72. The molecule has 0 aromatic heterocycles. The lowest BCUT2D eigenvalue weighted by atomic mass is 9.40. The normalized spacial score (nSPS) is 45.0. The van der Waals surface area contributed by atoms with Gasteiger partial charge in [-0.25, -0.2) is 0 Å². The topological polar surface area (TPSA) is 78.9 Å². The van der Waals surface area contributed by atoms with E-state index in [-0.39, 0.29) is 47.5 Å². The Kier molecular flexibility index (Phi) is 4.08. The number of fused-ring (bicyclic) bond motifs is 2. The molecule has 2 fully saturated rings. The summed E-state index contributed by atoms with van der Waals surface area (Å²) in [6.45, 7) is 7.80. The van der Waals surface area contributed by atoms with Crippen molar-refractivity contribution in [1.29, 1.82) is 0 Å². The van der Waals surface area contributed by atoms with E-state index in [4.69, 9.17) is 14.2 Å². The smallest absolute Gasteiger partial charge is 0.306 e. The zero-order valence-corrected chi connectivity index (χ0v) is 17.3. The van der Waals surface area contributed by atoms with Gasteiger partial charge in [0.15, 0.2) is 11.5 Å². The minimum Gasteiger partial charge on any atom is -0.493 e. The van der Waals surface area contributed by atoms with E-state index >= 15 is 0 Å². The van der Waals surface area contributed by atoms with Gasteiger partial charge in [-0.2, -0.15) is 0 Å². The summed E-state index contributed by atoms with van der Waals surface area (Å²) in [6, 6.07) is 0. The molecule has 7 atom stereocenters. The molecule has 4 aliphatic rings. The van der Waals surface area contributed by atoms with Crippen LogP contribution in [0.4, 0.5) is 0 Å². The number of carbonyl (C=O) groups excluding carboxylic acids is 3. The molecule has 6 heteroatoms. The van der Waals surface area contributed by atoms with Crippen LogP contribution < -0.4 is 0 Å². The number of esters is 1.